The van der Waals surface area contributed by atoms with Crippen LogP contribution in [0.15, 0.2) is 5.16 Å². The number of nitrogens with two attached hydrogens (primary N) is 1. The van der Waals surface area contributed by atoms with Crippen LogP contribution >= 0.6 is 11.8 Å². The summed E-state index contributed by atoms with van der Waals surface area (Å²) in [5.41, 5.74) is 5.34. The molecule has 100 valence electrons. The molecule has 5 nitrogen and oxygen atoms in total. The molecule has 0 aromatic heterocycles. The second-order valence-electron chi connectivity index (χ2n) is 3.94. The van der Waals surface area contributed by atoms with Gasteiger partial charge in [0.05, 0.1) is 5.92 Å². The zero-order valence-electron chi connectivity index (χ0n) is 10.6. The summed E-state index contributed by atoms with van der Waals surface area (Å²) in [5, 5.41) is 14.0. The number of unbranched alkanes of at least 4 members (excludes halogenated alkanes) is 3. The fourth-order valence-corrected chi connectivity index (χ4v) is 1.80. The summed E-state index contributed by atoms with van der Waals surface area (Å²) in [6.07, 6.45) is 6.64. The van der Waals surface area contributed by atoms with E-state index in [-0.39, 0.29) is 11.7 Å². The second kappa shape index (κ2) is 10.3. The van der Waals surface area contributed by atoms with Gasteiger partial charge in [0, 0.05) is 6.54 Å². The number of hydrogen-bond donors (Lipinski definition) is 3. The van der Waals surface area contributed by atoms with Crippen molar-refractivity contribution in [2.24, 2.45) is 16.8 Å². The van der Waals surface area contributed by atoms with Gasteiger partial charge in [-0.1, -0.05) is 18.0 Å². The van der Waals surface area contributed by atoms with Gasteiger partial charge < -0.3 is 16.3 Å². The van der Waals surface area contributed by atoms with Crippen molar-refractivity contribution >= 4 is 23.5 Å². The number of carbonyl (C=O) groups is 1. The van der Waals surface area contributed by atoms with Crippen LogP contribution < -0.4 is 11.1 Å². The molecule has 0 saturated heterocycles. The number of nitrogens with zero attached hydrogens (tertiary/aromatic N) is 1. The maximum Gasteiger partial charge on any atom is 0.230 e. The first-order valence-electron chi connectivity index (χ1n) is 5.87. The molecule has 1 unspecified atom stereocenters. The van der Waals surface area contributed by atoms with Crippen molar-refractivity contribution in [1.82, 2.24) is 5.32 Å². The highest BCUT2D eigenvalue weighted by atomic mass is 32.2. The Balaban J connectivity index is 3.52. The zero-order valence-corrected chi connectivity index (χ0v) is 11.4. The molecule has 0 rings (SSSR count). The topological polar surface area (TPSA) is 87.7 Å². The van der Waals surface area contributed by atoms with Crippen LogP contribution in [0, 0.1) is 5.92 Å². The molecule has 4 N–H and O–H groups in total. The van der Waals surface area contributed by atoms with E-state index in [0.29, 0.717) is 6.54 Å². The highest BCUT2D eigenvalue weighted by Gasteiger charge is 2.16. The van der Waals surface area contributed by atoms with E-state index in [0.717, 1.165) is 12.8 Å². The molecule has 1 amide bonds. The van der Waals surface area contributed by atoms with Crippen molar-refractivity contribution < 1.29 is 10.0 Å². The summed E-state index contributed by atoms with van der Waals surface area (Å²) < 4.78 is 0. The van der Waals surface area contributed by atoms with Crippen molar-refractivity contribution in [3.8, 4) is 0 Å². The summed E-state index contributed by atoms with van der Waals surface area (Å²) in [4.78, 5) is 11.5. The number of amidine groups is 1. The van der Waals surface area contributed by atoms with Gasteiger partial charge in [-0.3, -0.25) is 4.79 Å². The Morgan fingerprint density at radius 2 is 2.06 bits per heavy atom. The Kier molecular flexibility index (Phi) is 9.71. The van der Waals surface area contributed by atoms with Crippen molar-refractivity contribution in [3.05, 3.63) is 0 Å². The van der Waals surface area contributed by atoms with E-state index in [9.17, 15) is 4.79 Å². The molecule has 0 aliphatic heterocycles. The smallest absolute Gasteiger partial charge is 0.230 e. The standard InChI is InChI=1S/C11H23N3O2S/c1-9(10(12)14-16)11(15)13-7-5-3-4-6-8-17-2/h9,16H,3-8H2,1-2H3,(H2,12,14)(H,13,15). The molecule has 6 heteroatoms. The quantitative estimate of drug-likeness (QED) is 0.192. The average Bonchev–Trinajstić information content (AvgIpc) is 2.35. The van der Waals surface area contributed by atoms with E-state index < -0.39 is 5.92 Å². The number of hydrogen-bond acceptors (Lipinski definition) is 4. The predicted molar refractivity (Wildman–Crippen MR) is 72.4 cm³/mol. The van der Waals surface area contributed by atoms with Crippen LogP contribution in [0.5, 0.6) is 0 Å². The van der Waals surface area contributed by atoms with Crippen molar-refractivity contribution in [2.45, 2.75) is 32.6 Å². The van der Waals surface area contributed by atoms with Crippen LogP contribution in [0.2, 0.25) is 0 Å². The molecule has 0 fully saturated rings. The third-order valence-corrected chi connectivity index (χ3v) is 3.22. The number of thioether (sulfide) groups is 1. The summed E-state index contributed by atoms with van der Waals surface area (Å²) in [6.45, 7) is 2.27. The van der Waals surface area contributed by atoms with Gasteiger partial charge in [0.25, 0.3) is 0 Å². The Morgan fingerprint density at radius 1 is 1.41 bits per heavy atom. The maximum atomic E-state index is 11.5. The number of amides is 1. The highest BCUT2D eigenvalue weighted by molar-refractivity contribution is 7.98. The Morgan fingerprint density at radius 3 is 2.65 bits per heavy atom. The van der Waals surface area contributed by atoms with Crippen LogP contribution in [0.4, 0.5) is 0 Å². The number of carbonyl (C=O) groups excluding carboxylic acids is 1. The summed E-state index contributed by atoms with van der Waals surface area (Å²) in [6, 6.07) is 0. The third kappa shape index (κ3) is 7.90. The number of rotatable bonds is 9. The molecule has 0 aromatic rings. The predicted octanol–water partition coefficient (Wildman–Crippen LogP) is 1.41. The molecule has 0 aliphatic carbocycles. The van der Waals surface area contributed by atoms with E-state index in [1.54, 1.807) is 6.92 Å². The fourth-order valence-electron chi connectivity index (χ4n) is 1.31. The van der Waals surface area contributed by atoms with E-state index in [1.807, 2.05) is 11.8 Å². The zero-order chi connectivity index (χ0) is 13.1. The molecule has 17 heavy (non-hydrogen) atoms. The van der Waals surface area contributed by atoms with Gasteiger partial charge in [-0.25, -0.2) is 0 Å². The minimum atomic E-state index is -0.573. The molecule has 0 radical (unpaired) electrons. The normalized spacial score (nSPS) is 13.4. The maximum absolute atomic E-state index is 11.5. The summed E-state index contributed by atoms with van der Waals surface area (Å²) in [5.74, 6) is 0.385. The van der Waals surface area contributed by atoms with Crippen LogP contribution in [-0.2, 0) is 4.79 Å². The Hall–Kier alpha value is -0.910. The lowest BCUT2D eigenvalue weighted by molar-refractivity contribution is -0.122. The van der Waals surface area contributed by atoms with Crippen LogP contribution in [0.3, 0.4) is 0 Å². The summed E-state index contributed by atoms with van der Waals surface area (Å²) >= 11 is 1.86. The SMILES string of the molecule is CSCCCCCCNC(=O)C(C)C(N)=NO. The minimum absolute atomic E-state index is 0.0533. The lowest BCUT2D eigenvalue weighted by atomic mass is 10.1. The third-order valence-electron chi connectivity index (χ3n) is 2.53. The van der Waals surface area contributed by atoms with Gasteiger partial charge in [-0.05, 0) is 31.8 Å². The first-order chi connectivity index (χ1) is 8.13. The van der Waals surface area contributed by atoms with Gasteiger partial charge in [0.15, 0.2) is 5.84 Å². The largest absolute Gasteiger partial charge is 0.409 e. The van der Waals surface area contributed by atoms with Crippen LogP contribution in [-0.4, -0.2) is 35.5 Å². The molecule has 0 aliphatic rings. The highest BCUT2D eigenvalue weighted by Crippen LogP contribution is 2.04. The van der Waals surface area contributed by atoms with Crippen LogP contribution in [0.25, 0.3) is 0 Å². The molecule has 0 bridgehead atoms. The van der Waals surface area contributed by atoms with Gasteiger partial charge in [-0.2, -0.15) is 11.8 Å². The first kappa shape index (κ1) is 16.1. The second-order valence-corrected chi connectivity index (χ2v) is 4.93. The number of oxime groups is 1. The van der Waals surface area contributed by atoms with Gasteiger partial charge >= 0.3 is 0 Å². The Bertz CT molecular complexity index is 247. The fraction of sp³-hybridized carbons (Fsp3) is 0.818. The molecule has 0 aromatic carbocycles. The first-order valence-corrected chi connectivity index (χ1v) is 7.27. The molecule has 1 atom stereocenters. The number of nitrogens with one attached hydrogen (secondary N) is 1. The van der Waals surface area contributed by atoms with E-state index >= 15 is 0 Å². The van der Waals surface area contributed by atoms with Gasteiger partial charge in [-0.15, -0.1) is 0 Å². The summed E-state index contributed by atoms with van der Waals surface area (Å²) in [7, 11) is 0. The Labute approximate surface area is 107 Å². The molecule has 0 saturated carbocycles. The lowest BCUT2D eigenvalue weighted by Gasteiger charge is -2.10. The monoisotopic (exact) mass is 261 g/mol. The molecule has 0 heterocycles. The molecular formula is C11H23N3O2S. The van der Waals surface area contributed by atoms with Gasteiger partial charge in [0.1, 0.15) is 0 Å². The van der Waals surface area contributed by atoms with Crippen molar-refractivity contribution in [2.75, 3.05) is 18.6 Å². The van der Waals surface area contributed by atoms with E-state index in [1.165, 1.54) is 18.6 Å². The van der Waals surface area contributed by atoms with Crippen LogP contribution in [0.1, 0.15) is 32.6 Å². The van der Waals surface area contributed by atoms with E-state index in [2.05, 4.69) is 16.7 Å². The lowest BCUT2D eigenvalue weighted by Crippen LogP contribution is -2.37. The van der Waals surface area contributed by atoms with Gasteiger partial charge in [0.2, 0.25) is 5.91 Å². The van der Waals surface area contributed by atoms with Crippen molar-refractivity contribution in [3.63, 3.8) is 0 Å². The van der Waals surface area contributed by atoms with E-state index in [4.69, 9.17) is 10.9 Å². The molecular weight excluding hydrogens is 238 g/mol. The average molecular weight is 261 g/mol. The molecule has 0 spiro atoms. The van der Waals surface area contributed by atoms with Crippen molar-refractivity contribution in [1.29, 1.82) is 0 Å². The minimum Gasteiger partial charge on any atom is -0.409 e.